The third-order valence-corrected chi connectivity index (χ3v) is 10.1. The Labute approximate surface area is 291 Å². The van der Waals surface area contributed by atoms with Gasteiger partial charge in [-0.15, -0.1) is 0 Å². The molecule has 6 rings (SSSR count). The maximum absolute atomic E-state index is 14.5. The SMILES string of the molecule is COc1ccc(CN(Cc2ccc(OC)cc2)S(=O)(=O)c2ccccc2Oc2ccc(Cl)c(-c3ncnc4c(C(F)(F)F)cccc34)c2)cc1. The molecule has 0 saturated heterocycles. The van der Waals surface area contributed by atoms with E-state index in [0.29, 0.717) is 11.5 Å². The van der Waals surface area contributed by atoms with Crippen LogP contribution in [0.3, 0.4) is 0 Å². The molecule has 0 saturated carbocycles. The summed E-state index contributed by atoms with van der Waals surface area (Å²) in [6.45, 7) is 0.0803. The van der Waals surface area contributed by atoms with Crippen LogP contribution in [0.1, 0.15) is 16.7 Å². The molecule has 0 unspecified atom stereocenters. The third kappa shape index (κ3) is 7.37. The van der Waals surface area contributed by atoms with Crippen LogP contribution >= 0.6 is 11.6 Å². The van der Waals surface area contributed by atoms with Crippen molar-refractivity contribution in [2.24, 2.45) is 0 Å². The van der Waals surface area contributed by atoms with Gasteiger partial charge in [0.15, 0.2) is 0 Å². The van der Waals surface area contributed by atoms with Crippen LogP contribution in [0.2, 0.25) is 5.02 Å². The highest BCUT2D eigenvalue weighted by molar-refractivity contribution is 7.89. The number of methoxy groups -OCH3 is 2. The molecular weight excluding hydrogens is 691 g/mol. The minimum atomic E-state index is -4.64. The lowest BCUT2D eigenvalue weighted by molar-refractivity contribution is -0.136. The highest BCUT2D eigenvalue weighted by Gasteiger charge is 2.34. The van der Waals surface area contributed by atoms with Gasteiger partial charge >= 0.3 is 6.18 Å². The highest BCUT2D eigenvalue weighted by atomic mass is 35.5. The van der Waals surface area contributed by atoms with Gasteiger partial charge in [0.25, 0.3) is 0 Å². The Hall–Kier alpha value is -5.17. The second-order valence-electron chi connectivity index (χ2n) is 11.1. The van der Waals surface area contributed by atoms with Crippen molar-refractivity contribution < 1.29 is 35.8 Å². The largest absolute Gasteiger partial charge is 0.497 e. The van der Waals surface area contributed by atoms with Crippen molar-refractivity contribution in [2.45, 2.75) is 24.2 Å². The summed E-state index contributed by atoms with van der Waals surface area (Å²) in [6.07, 6.45) is -3.59. The van der Waals surface area contributed by atoms with Crippen molar-refractivity contribution in [3.8, 4) is 34.3 Å². The first-order chi connectivity index (χ1) is 24.0. The number of benzene rings is 5. The van der Waals surface area contributed by atoms with Gasteiger partial charge in [0.1, 0.15) is 34.2 Å². The van der Waals surface area contributed by atoms with E-state index in [2.05, 4.69) is 9.97 Å². The lowest BCUT2D eigenvalue weighted by atomic mass is 10.0. The van der Waals surface area contributed by atoms with Gasteiger partial charge in [-0.05, 0) is 71.8 Å². The molecule has 0 atom stereocenters. The normalized spacial score (nSPS) is 11.9. The number of ether oxygens (including phenoxy) is 3. The zero-order valence-electron chi connectivity index (χ0n) is 26.7. The number of fused-ring (bicyclic) bond motifs is 1. The van der Waals surface area contributed by atoms with Gasteiger partial charge < -0.3 is 14.2 Å². The van der Waals surface area contributed by atoms with Crippen LogP contribution in [-0.4, -0.2) is 36.9 Å². The van der Waals surface area contributed by atoms with Gasteiger partial charge in [-0.2, -0.15) is 17.5 Å². The third-order valence-electron chi connectivity index (χ3n) is 7.89. The minimum absolute atomic E-state index is 0.0298. The van der Waals surface area contributed by atoms with Crippen LogP contribution in [0.4, 0.5) is 13.2 Å². The molecule has 8 nitrogen and oxygen atoms in total. The first-order valence-corrected chi connectivity index (χ1v) is 16.9. The lowest BCUT2D eigenvalue weighted by Crippen LogP contribution is -2.30. The fraction of sp³-hybridized carbons (Fsp3) is 0.135. The molecule has 5 aromatic carbocycles. The fourth-order valence-electron chi connectivity index (χ4n) is 5.39. The van der Waals surface area contributed by atoms with Gasteiger partial charge in [-0.25, -0.2) is 18.4 Å². The van der Waals surface area contributed by atoms with E-state index in [-0.39, 0.29) is 56.7 Å². The van der Waals surface area contributed by atoms with Gasteiger partial charge in [0, 0.05) is 24.0 Å². The smallest absolute Gasteiger partial charge is 0.418 e. The van der Waals surface area contributed by atoms with E-state index in [9.17, 15) is 21.6 Å². The molecule has 0 aliphatic heterocycles. The van der Waals surface area contributed by atoms with Gasteiger partial charge in [0.05, 0.1) is 36.0 Å². The molecule has 0 aliphatic rings. The van der Waals surface area contributed by atoms with Crippen molar-refractivity contribution in [2.75, 3.05) is 14.2 Å². The summed E-state index contributed by atoms with van der Waals surface area (Å²) in [6, 6.07) is 28.7. The topological polar surface area (TPSA) is 90.9 Å². The number of halogens is 4. The Kier molecular flexibility index (Phi) is 9.96. The molecule has 0 bridgehead atoms. The molecule has 0 N–H and O–H groups in total. The summed E-state index contributed by atoms with van der Waals surface area (Å²) >= 11 is 6.54. The molecule has 50 heavy (non-hydrogen) atoms. The molecule has 1 heterocycles. The predicted molar refractivity (Wildman–Crippen MR) is 184 cm³/mol. The van der Waals surface area contributed by atoms with Crippen LogP contribution < -0.4 is 14.2 Å². The van der Waals surface area contributed by atoms with E-state index in [1.165, 1.54) is 46.8 Å². The average molecular weight is 720 g/mol. The first-order valence-electron chi connectivity index (χ1n) is 15.1. The standard InChI is InChI=1S/C37H29ClF3N3O5S/c1-47-26-14-10-24(11-15-26)21-44(22-25-12-16-27(48-2)17-13-25)50(45,46)34-9-4-3-8-33(34)49-28-18-19-32(38)30(20-28)35-29-6-5-7-31(37(39,40)41)36(29)43-23-42-35/h3-20,23H,21-22H2,1-2H3. The Bertz CT molecular complexity index is 2200. The summed E-state index contributed by atoms with van der Waals surface area (Å²) in [5.74, 6) is 1.48. The summed E-state index contributed by atoms with van der Waals surface area (Å²) in [5, 5.41) is 0.331. The fourth-order valence-corrected chi connectivity index (χ4v) is 7.13. The Morgan fingerprint density at radius 2 is 1.34 bits per heavy atom. The Morgan fingerprint density at radius 3 is 1.94 bits per heavy atom. The number of sulfonamides is 1. The molecule has 0 spiro atoms. The van der Waals surface area contributed by atoms with E-state index in [4.69, 9.17) is 25.8 Å². The zero-order chi connectivity index (χ0) is 35.5. The average Bonchev–Trinajstić information content (AvgIpc) is 3.12. The van der Waals surface area contributed by atoms with Crippen LogP contribution in [0.25, 0.3) is 22.2 Å². The highest BCUT2D eigenvalue weighted by Crippen LogP contribution is 2.40. The molecular formula is C37H29ClF3N3O5S. The molecule has 6 aromatic rings. The first kappa shape index (κ1) is 34.7. The van der Waals surface area contributed by atoms with E-state index >= 15 is 0 Å². The summed E-state index contributed by atoms with van der Waals surface area (Å²) in [4.78, 5) is 8.05. The molecule has 0 amide bonds. The monoisotopic (exact) mass is 719 g/mol. The summed E-state index contributed by atoms with van der Waals surface area (Å²) in [7, 11) is -1.10. The van der Waals surface area contributed by atoms with Crippen LogP contribution in [0, 0.1) is 0 Å². The molecule has 0 fully saturated rings. The molecule has 1 aromatic heterocycles. The predicted octanol–water partition coefficient (Wildman–Crippen LogP) is 9.17. The number of hydrogen-bond donors (Lipinski definition) is 0. The Morgan fingerprint density at radius 1 is 0.740 bits per heavy atom. The number of rotatable bonds is 11. The lowest BCUT2D eigenvalue weighted by Gasteiger charge is -2.24. The van der Waals surface area contributed by atoms with Crippen LogP contribution in [0.5, 0.6) is 23.0 Å². The number of aromatic nitrogens is 2. The summed E-state index contributed by atoms with van der Waals surface area (Å²) < 4.78 is 88.3. The van der Waals surface area contributed by atoms with Gasteiger partial charge in [-0.1, -0.05) is 60.1 Å². The molecule has 0 radical (unpaired) electrons. The van der Waals surface area contributed by atoms with Gasteiger partial charge in [0.2, 0.25) is 10.0 Å². The maximum atomic E-state index is 14.5. The maximum Gasteiger partial charge on any atom is 0.418 e. The van der Waals surface area contributed by atoms with E-state index in [1.54, 1.807) is 74.9 Å². The van der Waals surface area contributed by atoms with Crippen molar-refractivity contribution >= 4 is 32.5 Å². The summed E-state index contributed by atoms with van der Waals surface area (Å²) in [5.41, 5.74) is 0.705. The Balaban J connectivity index is 1.37. The van der Waals surface area contributed by atoms with Crippen molar-refractivity contribution in [1.82, 2.24) is 14.3 Å². The number of nitrogens with zero attached hydrogens (tertiary/aromatic N) is 3. The number of alkyl halides is 3. The second kappa shape index (κ2) is 14.4. The second-order valence-corrected chi connectivity index (χ2v) is 13.4. The minimum Gasteiger partial charge on any atom is -0.497 e. The van der Waals surface area contributed by atoms with Crippen molar-refractivity contribution in [3.05, 3.63) is 137 Å². The van der Waals surface area contributed by atoms with Crippen LogP contribution in [0.15, 0.2) is 120 Å². The van der Waals surface area contributed by atoms with E-state index < -0.39 is 21.8 Å². The van der Waals surface area contributed by atoms with Gasteiger partial charge in [-0.3, -0.25) is 0 Å². The molecule has 256 valence electrons. The van der Waals surface area contributed by atoms with E-state index in [0.717, 1.165) is 23.5 Å². The van der Waals surface area contributed by atoms with Crippen molar-refractivity contribution in [3.63, 3.8) is 0 Å². The molecule has 0 aliphatic carbocycles. The number of para-hydroxylation sites is 2. The van der Waals surface area contributed by atoms with E-state index in [1.807, 2.05) is 0 Å². The number of hydrogen-bond acceptors (Lipinski definition) is 7. The van der Waals surface area contributed by atoms with Crippen molar-refractivity contribution in [1.29, 1.82) is 0 Å². The molecule has 13 heteroatoms. The van der Waals surface area contributed by atoms with Crippen LogP contribution in [-0.2, 0) is 29.3 Å². The zero-order valence-corrected chi connectivity index (χ0v) is 28.3. The quantitative estimate of drug-likeness (QED) is 0.132.